The number of aliphatic hydroxyl groups is 1. The fraction of sp³-hybridized carbons (Fsp3) is 0.417. The quantitative estimate of drug-likeness (QED) is 0.862. The summed E-state index contributed by atoms with van der Waals surface area (Å²) in [5.41, 5.74) is 2.39. The third kappa shape index (κ3) is 2.19. The number of aryl methyl sites for hydroxylation is 3. The average Bonchev–Trinajstić information content (AvgIpc) is 2.74. The van der Waals surface area contributed by atoms with Crippen molar-refractivity contribution in [1.29, 1.82) is 0 Å². The molecule has 0 aromatic carbocycles. The second kappa shape index (κ2) is 4.63. The second-order valence-electron chi connectivity index (χ2n) is 4.04. The van der Waals surface area contributed by atoms with E-state index in [1.165, 1.54) is 0 Å². The van der Waals surface area contributed by atoms with E-state index in [1.54, 1.807) is 10.8 Å². The Morgan fingerprint density at radius 1 is 1.41 bits per heavy atom. The molecule has 0 fully saturated rings. The average molecular weight is 232 g/mol. The van der Waals surface area contributed by atoms with Gasteiger partial charge in [-0.15, -0.1) is 0 Å². The molecular formula is C12H16N4O. The number of hydrogen-bond donors (Lipinski definition) is 1. The minimum Gasteiger partial charge on any atom is -0.380 e. The first-order valence-corrected chi connectivity index (χ1v) is 5.61. The van der Waals surface area contributed by atoms with Gasteiger partial charge in [0.25, 0.3) is 0 Å². The number of rotatable bonds is 3. The van der Waals surface area contributed by atoms with Crippen molar-refractivity contribution in [3.63, 3.8) is 0 Å². The fourth-order valence-corrected chi connectivity index (χ4v) is 1.83. The van der Waals surface area contributed by atoms with Crippen LogP contribution >= 0.6 is 0 Å². The maximum atomic E-state index is 10.3. The minimum atomic E-state index is -0.751. The lowest BCUT2D eigenvalue weighted by molar-refractivity contribution is 0.204. The lowest BCUT2D eigenvalue weighted by Crippen LogP contribution is -2.11. The molecular weight excluding hydrogens is 216 g/mol. The number of imidazole rings is 1. The Morgan fingerprint density at radius 2 is 2.18 bits per heavy atom. The summed E-state index contributed by atoms with van der Waals surface area (Å²) in [7, 11) is 1.86. The second-order valence-corrected chi connectivity index (χ2v) is 4.04. The van der Waals surface area contributed by atoms with Gasteiger partial charge in [-0.25, -0.2) is 4.98 Å². The van der Waals surface area contributed by atoms with Crippen LogP contribution in [0.15, 0.2) is 18.5 Å². The van der Waals surface area contributed by atoms with E-state index >= 15 is 0 Å². The van der Waals surface area contributed by atoms with Gasteiger partial charge in [-0.05, 0) is 19.4 Å². The van der Waals surface area contributed by atoms with Crippen molar-refractivity contribution in [3.8, 4) is 0 Å². The van der Waals surface area contributed by atoms with Crippen molar-refractivity contribution < 1.29 is 5.11 Å². The zero-order chi connectivity index (χ0) is 12.4. The number of aliphatic hydroxyl groups excluding tert-OH is 1. The van der Waals surface area contributed by atoms with Crippen LogP contribution in [0.5, 0.6) is 0 Å². The van der Waals surface area contributed by atoms with Gasteiger partial charge in [-0.2, -0.15) is 10.2 Å². The van der Waals surface area contributed by atoms with Crippen LogP contribution in [0.25, 0.3) is 0 Å². The summed E-state index contributed by atoms with van der Waals surface area (Å²) in [6.07, 6.45) is 3.47. The Kier molecular flexibility index (Phi) is 3.19. The van der Waals surface area contributed by atoms with Gasteiger partial charge in [0.1, 0.15) is 11.9 Å². The highest BCUT2D eigenvalue weighted by Gasteiger charge is 2.19. The summed E-state index contributed by atoms with van der Waals surface area (Å²) in [6.45, 7) is 3.86. The van der Waals surface area contributed by atoms with Crippen molar-refractivity contribution in [1.82, 2.24) is 19.7 Å². The molecule has 17 heavy (non-hydrogen) atoms. The molecule has 0 aliphatic heterocycles. The zero-order valence-electron chi connectivity index (χ0n) is 10.3. The molecule has 1 unspecified atom stereocenters. The standard InChI is InChI=1S/C12H16N4O/c1-4-10-9(7-8(2)14-15-10)11(17)12-13-5-6-16(12)3/h5-7,11,17H,4H2,1-3H3. The zero-order valence-corrected chi connectivity index (χ0v) is 10.3. The lowest BCUT2D eigenvalue weighted by Gasteiger charge is -2.14. The largest absolute Gasteiger partial charge is 0.380 e. The van der Waals surface area contributed by atoms with Crippen molar-refractivity contribution in [2.45, 2.75) is 26.4 Å². The first-order valence-electron chi connectivity index (χ1n) is 5.61. The molecule has 0 aliphatic carbocycles. The Balaban J connectivity index is 2.46. The van der Waals surface area contributed by atoms with Gasteiger partial charge in [-0.3, -0.25) is 0 Å². The normalized spacial score (nSPS) is 12.7. The summed E-state index contributed by atoms with van der Waals surface area (Å²) in [6, 6.07) is 1.87. The molecule has 5 nitrogen and oxygen atoms in total. The van der Waals surface area contributed by atoms with E-state index in [-0.39, 0.29) is 0 Å². The van der Waals surface area contributed by atoms with Crippen LogP contribution in [0.3, 0.4) is 0 Å². The van der Waals surface area contributed by atoms with Gasteiger partial charge in [0.15, 0.2) is 0 Å². The van der Waals surface area contributed by atoms with E-state index < -0.39 is 6.10 Å². The summed E-state index contributed by atoms with van der Waals surface area (Å²) in [4.78, 5) is 4.16. The number of nitrogens with zero attached hydrogens (tertiary/aromatic N) is 4. The van der Waals surface area contributed by atoms with Crippen LogP contribution < -0.4 is 0 Å². The first kappa shape index (κ1) is 11.7. The van der Waals surface area contributed by atoms with Crippen LogP contribution in [0.1, 0.15) is 35.8 Å². The van der Waals surface area contributed by atoms with Crippen LogP contribution in [-0.4, -0.2) is 24.9 Å². The maximum Gasteiger partial charge on any atom is 0.142 e. The van der Waals surface area contributed by atoms with Crippen molar-refractivity contribution >= 4 is 0 Å². The molecule has 0 saturated carbocycles. The van der Waals surface area contributed by atoms with E-state index in [2.05, 4.69) is 15.2 Å². The SMILES string of the molecule is CCc1nnc(C)cc1C(O)c1nccn1C. The third-order valence-electron chi connectivity index (χ3n) is 2.76. The van der Waals surface area contributed by atoms with Gasteiger partial charge in [0, 0.05) is 25.0 Å². The monoisotopic (exact) mass is 232 g/mol. The molecule has 0 saturated heterocycles. The molecule has 2 heterocycles. The van der Waals surface area contributed by atoms with Gasteiger partial charge in [0.2, 0.25) is 0 Å². The van der Waals surface area contributed by atoms with Crippen LogP contribution in [-0.2, 0) is 13.5 Å². The van der Waals surface area contributed by atoms with Crippen molar-refractivity contribution in [2.75, 3.05) is 0 Å². The molecule has 1 atom stereocenters. The van der Waals surface area contributed by atoms with Gasteiger partial charge >= 0.3 is 0 Å². The topological polar surface area (TPSA) is 63.8 Å². The molecule has 0 spiro atoms. The molecule has 0 bridgehead atoms. The molecule has 2 rings (SSSR count). The number of hydrogen-bond acceptors (Lipinski definition) is 4. The number of aromatic nitrogens is 4. The summed E-state index contributed by atoms with van der Waals surface area (Å²) in [5, 5.41) is 18.5. The fourth-order valence-electron chi connectivity index (χ4n) is 1.83. The Bertz CT molecular complexity index is 521. The molecule has 2 aromatic rings. The summed E-state index contributed by atoms with van der Waals surface area (Å²) < 4.78 is 1.81. The molecule has 90 valence electrons. The van der Waals surface area contributed by atoms with E-state index in [9.17, 15) is 5.11 Å². The Labute approximate surface area is 100 Å². The van der Waals surface area contributed by atoms with E-state index in [4.69, 9.17) is 0 Å². The molecule has 1 N–H and O–H groups in total. The van der Waals surface area contributed by atoms with Crippen molar-refractivity contribution in [2.24, 2.45) is 7.05 Å². The van der Waals surface area contributed by atoms with Crippen LogP contribution in [0.4, 0.5) is 0 Å². The summed E-state index contributed by atoms with van der Waals surface area (Å²) in [5.74, 6) is 0.618. The lowest BCUT2D eigenvalue weighted by atomic mass is 10.1. The highest BCUT2D eigenvalue weighted by Crippen LogP contribution is 2.22. The predicted octanol–water partition coefficient (Wildman–Crippen LogP) is 1.16. The van der Waals surface area contributed by atoms with Gasteiger partial charge < -0.3 is 9.67 Å². The highest BCUT2D eigenvalue weighted by atomic mass is 16.3. The smallest absolute Gasteiger partial charge is 0.142 e. The minimum absolute atomic E-state index is 0.618. The molecule has 5 heteroatoms. The highest BCUT2D eigenvalue weighted by molar-refractivity contribution is 5.28. The van der Waals surface area contributed by atoms with Gasteiger partial charge in [0.05, 0.1) is 11.4 Å². The van der Waals surface area contributed by atoms with E-state index in [0.29, 0.717) is 5.82 Å². The van der Waals surface area contributed by atoms with Crippen LogP contribution in [0.2, 0.25) is 0 Å². The van der Waals surface area contributed by atoms with Gasteiger partial charge in [-0.1, -0.05) is 6.92 Å². The Hall–Kier alpha value is -1.75. The summed E-state index contributed by atoms with van der Waals surface area (Å²) >= 11 is 0. The first-order chi connectivity index (χ1) is 8.13. The van der Waals surface area contributed by atoms with E-state index in [0.717, 1.165) is 23.4 Å². The molecule has 2 aromatic heterocycles. The molecule has 0 aliphatic rings. The Morgan fingerprint density at radius 3 is 2.76 bits per heavy atom. The van der Waals surface area contributed by atoms with E-state index in [1.807, 2.05) is 33.2 Å². The maximum absolute atomic E-state index is 10.3. The molecule has 0 radical (unpaired) electrons. The van der Waals surface area contributed by atoms with Crippen LogP contribution in [0, 0.1) is 6.92 Å². The van der Waals surface area contributed by atoms with Crippen molar-refractivity contribution in [3.05, 3.63) is 41.2 Å². The predicted molar refractivity (Wildman–Crippen MR) is 63.4 cm³/mol. The third-order valence-corrected chi connectivity index (χ3v) is 2.76. The molecule has 0 amide bonds.